The standard InChI is InChI=1S/C10H18NO2.HI.Zn/c1-8-6-5-7-11(8)9(12)13-10(2,3)4;;/h8H,1,5-7H2,2-4H3;1H;/q-1;;+2/p-1. The first kappa shape index (κ1) is 15.6. The Balaban J connectivity index is 0.000000921. The zero-order valence-electron chi connectivity index (χ0n) is 9.75. The van der Waals surface area contributed by atoms with E-state index in [4.69, 9.17) is 4.74 Å². The molecule has 15 heavy (non-hydrogen) atoms. The summed E-state index contributed by atoms with van der Waals surface area (Å²) in [6.45, 7) is 10.3. The third-order valence-electron chi connectivity index (χ3n) is 2.01. The molecular weight excluding hydrogens is 358 g/mol. The molecule has 1 aliphatic heterocycles. The number of carbonyl (C=O) groups is 1. The zero-order chi connectivity index (χ0) is 12.1. The van der Waals surface area contributed by atoms with Crippen LogP contribution in [0.2, 0.25) is 0 Å². The van der Waals surface area contributed by atoms with E-state index in [2.05, 4.69) is 26.7 Å². The number of hydrogen-bond acceptors (Lipinski definition) is 2. The average molecular weight is 377 g/mol. The summed E-state index contributed by atoms with van der Waals surface area (Å²) in [4.78, 5) is 13.2. The van der Waals surface area contributed by atoms with Crippen LogP contribution in [0.1, 0.15) is 33.6 Å². The van der Waals surface area contributed by atoms with E-state index in [9.17, 15) is 4.79 Å². The van der Waals surface area contributed by atoms with Crippen molar-refractivity contribution in [3.63, 3.8) is 0 Å². The van der Waals surface area contributed by atoms with E-state index < -0.39 is 5.60 Å². The summed E-state index contributed by atoms with van der Waals surface area (Å²) in [5.41, 5.74) is -0.403. The van der Waals surface area contributed by atoms with Crippen LogP contribution in [-0.2, 0) is 19.5 Å². The molecule has 1 fully saturated rings. The first-order valence-corrected chi connectivity index (χ1v) is 14.0. The molecule has 5 heteroatoms. The molecule has 1 rings (SSSR count). The number of halogens is 1. The summed E-state index contributed by atoms with van der Waals surface area (Å²) in [7, 11) is 0. The van der Waals surface area contributed by atoms with Crippen molar-refractivity contribution in [1.29, 1.82) is 0 Å². The van der Waals surface area contributed by atoms with E-state index >= 15 is 0 Å². The van der Waals surface area contributed by atoms with Crippen molar-refractivity contribution < 1.29 is 24.3 Å². The molecule has 1 amide bonds. The minimum absolute atomic E-state index is 0.0925. The molecule has 0 spiro atoms. The summed E-state index contributed by atoms with van der Waals surface area (Å²) < 4.78 is 5.24. The number of rotatable bonds is 0. The molecule has 0 aromatic carbocycles. The molecule has 1 unspecified atom stereocenters. The van der Waals surface area contributed by atoms with Crippen LogP contribution in [0.4, 0.5) is 4.79 Å². The Morgan fingerprint density at radius 1 is 1.53 bits per heavy atom. The Kier molecular flexibility index (Phi) is 7.34. The maximum atomic E-state index is 11.5. The van der Waals surface area contributed by atoms with Crippen molar-refractivity contribution in [2.24, 2.45) is 0 Å². The molecule has 0 saturated carbocycles. The van der Waals surface area contributed by atoms with E-state index in [0.717, 1.165) is 19.4 Å². The number of carbonyl (C=O) groups excluding carboxylic acids is 1. The predicted octanol–water partition coefficient (Wildman–Crippen LogP) is 3.10. The molecule has 1 heterocycles. The van der Waals surface area contributed by atoms with Gasteiger partial charge in [0.2, 0.25) is 0 Å². The number of nitrogens with zero attached hydrogens (tertiary/aromatic N) is 1. The Bertz CT molecular complexity index is 206. The van der Waals surface area contributed by atoms with Crippen molar-refractivity contribution in [3.8, 4) is 0 Å². The summed E-state index contributed by atoms with van der Waals surface area (Å²) >= 11 is 3.62. The molecule has 1 aliphatic rings. The van der Waals surface area contributed by atoms with Gasteiger partial charge in [-0.15, -0.1) is 0 Å². The number of hydrogen-bond donors (Lipinski definition) is 0. The SMILES string of the molecule is [CH2-]C1CCCN1C(=O)OC(C)(C)C.[Zn+][I]. The van der Waals surface area contributed by atoms with E-state index in [1.807, 2.05) is 20.8 Å². The topological polar surface area (TPSA) is 29.5 Å². The second-order valence-corrected chi connectivity index (χ2v) is 4.47. The molecule has 0 radical (unpaired) electrons. The minimum atomic E-state index is -0.403. The van der Waals surface area contributed by atoms with Gasteiger partial charge in [-0.05, 0) is 27.2 Å². The van der Waals surface area contributed by atoms with E-state index in [-0.39, 0.29) is 12.1 Å². The summed E-state index contributed by atoms with van der Waals surface area (Å²) in [5.74, 6) is 0. The van der Waals surface area contributed by atoms with Crippen molar-refractivity contribution in [2.75, 3.05) is 6.54 Å². The molecule has 1 saturated heterocycles. The van der Waals surface area contributed by atoms with Crippen molar-refractivity contribution in [2.45, 2.75) is 45.3 Å². The fourth-order valence-electron chi connectivity index (χ4n) is 1.40. The first-order valence-electron chi connectivity index (χ1n) is 4.99. The van der Waals surface area contributed by atoms with Gasteiger partial charge in [0.25, 0.3) is 0 Å². The van der Waals surface area contributed by atoms with Gasteiger partial charge in [0.05, 0.1) is 0 Å². The molecule has 0 aromatic heterocycles. The van der Waals surface area contributed by atoms with Gasteiger partial charge in [-0.25, -0.2) is 4.79 Å². The van der Waals surface area contributed by atoms with Crippen LogP contribution in [0.3, 0.4) is 0 Å². The first-order chi connectivity index (χ1) is 6.90. The number of ether oxygens (including phenoxy) is 1. The molecule has 3 nitrogen and oxygen atoms in total. The molecule has 0 bridgehead atoms. The molecule has 1 atom stereocenters. The van der Waals surface area contributed by atoms with E-state index in [1.54, 1.807) is 4.90 Å². The van der Waals surface area contributed by atoms with Gasteiger partial charge in [0, 0.05) is 6.54 Å². The molecular formula is C10H18INO2Zn. The molecule has 0 aliphatic carbocycles. The van der Waals surface area contributed by atoms with Crippen LogP contribution in [0.25, 0.3) is 0 Å². The Morgan fingerprint density at radius 3 is 2.40 bits per heavy atom. The van der Waals surface area contributed by atoms with Crippen molar-refractivity contribution in [1.82, 2.24) is 4.90 Å². The van der Waals surface area contributed by atoms with Gasteiger partial charge < -0.3 is 16.6 Å². The summed E-state index contributed by atoms with van der Waals surface area (Å²) in [6.07, 6.45) is 1.79. The van der Waals surface area contributed by atoms with Crippen LogP contribution in [0, 0.1) is 6.92 Å². The van der Waals surface area contributed by atoms with Gasteiger partial charge in [0.15, 0.2) is 0 Å². The molecule has 0 aromatic rings. The van der Waals surface area contributed by atoms with Gasteiger partial charge in [-0.1, -0.05) is 12.5 Å². The van der Waals surface area contributed by atoms with Crippen LogP contribution < -0.4 is 0 Å². The Labute approximate surface area is 113 Å². The van der Waals surface area contributed by atoms with E-state index in [0.29, 0.717) is 0 Å². The molecule has 0 N–H and O–H groups in total. The fraction of sp³-hybridized carbons (Fsp3) is 0.800. The van der Waals surface area contributed by atoms with Crippen molar-refractivity contribution in [3.05, 3.63) is 6.92 Å². The summed E-state index contributed by atoms with van der Waals surface area (Å²) in [6, 6.07) is 0.0925. The third kappa shape index (κ3) is 6.05. The average Bonchev–Trinajstić information content (AvgIpc) is 2.52. The predicted molar refractivity (Wildman–Crippen MR) is 65.3 cm³/mol. The van der Waals surface area contributed by atoms with Crippen LogP contribution in [-0.4, -0.2) is 29.2 Å². The summed E-state index contributed by atoms with van der Waals surface area (Å²) in [5, 5.41) is 0. The second-order valence-electron chi connectivity index (χ2n) is 4.47. The number of likely N-dealkylation sites (tertiary alicyclic amines) is 1. The zero-order valence-corrected chi connectivity index (χ0v) is 14.9. The Morgan fingerprint density at radius 2 is 2.07 bits per heavy atom. The van der Waals surface area contributed by atoms with Gasteiger partial charge in [-0.3, -0.25) is 0 Å². The maximum absolute atomic E-state index is 11.5. The van der Waals surface area contributed by atoms with Crippen molar-refractivity contribution >= 4 is 25.8 Å². The van der Waals surface area contributed by atoms with Gasteiger partial charge in [0.1, 0.15) is 5.60 Å². The van der Waals surface area contributed by atoms with Crippen LogP contribution >= 0.6 is 19.8 Å². The second kappa shape index (κ2) is 7.05. The fourth-order valence-corrected chi connectivity index (χ4v) is 1.40. The monoisotopic (exact) mass is 375 g/mol. The quantitative estimate of drug-likeness (QED) is 0.369. The Hall–Kier alpha value is 0.623. The van der Waals surface area contributed by atoms with Crippen LogP contribution in [0.5, 0.6) is 0 Å². The number of amides is 1. The van der Waals surface area contributed by atoms with Gasteiger partial charge >= 0.3 is 40.6 Å². The van der Waals surface area contributed by atoms with Crippen LogP contribution in [0.15, 0.2) is 0 Å². The third-order valence-corrected chi connectivity index (χ3v) is 2.01. The normalized spacial score (nSPS) is 20.7. The molecule has 84 valence electrons. The van der Waals surface area contributed by atoms with Gasteiger partial charge in [-0.2, -0.15) is 0 Å². The van der Waals surface area contributed by atoms with E-state index in [1.165, 1.54) is 14.8 Å².